The highest BCUT2D eigenvalue weighted by molar-refractivity contribution is 14.0. The minimum Gasteiger partial charge on any atom is -0.375 e. The molecule has 0 spiro atoms. The molecule has 1 aromatic rings. The highest BCUT2D eigenvalue weighted by Crippen LogP contribution is 2.21. The fraction of sp³-hybridized carbons (Fsp3) is 0.636. The van der Waals surface area contributed by atoms with Gasteiger partial charge in [0, 0.05) is 44.9 Å². The van der Waals surface area contributed by atoms with Gasteiger partial charge in [0.25, 0.3) is 5.91 Å². The number of guanidine groups is 1. The van der Waals surface area contributed by atoms with Crippen molar-refractivity contribution in [2.45, 2.75) is 57.9 Å². The summed E-state index contributed by atoms with van der Waals surface area (Å²) in [5.41, 5.74) is 1.73. The molecule has 0 saturated carbocycles. The number of carbonyl (C=O) groups is 1. The number of rotatable bonds is 6. The molecule has 1 aromatic carbocycles. The zero-order valence-corrected chi connectivity index (χ0v) is 20.6. The molecular weight excluding hydrogens is 495 g/mol. The molecule has 3 unspecified atom stereocenters. The van der Waals surface area contributed by atoms with Gasteiger partial charge in [-0.15, -0.1) is 24.0 Å². The topological polar surface area (TPSA) is 75.2 Å². The Kier molecular flexibility index (Phi) is 10.3. The van der Waals surface area contributed by atoms with Crippen LogP contribution >= 0.6 is 24.0 Å². The lowest BCUT2D eigenvalue weighted by molar-refractivity contribution is -0.0817. The van der Waals surface area contributed by atoms with Crippen molar-refractivity contribution >= 4 is 35.8 Å². The monoisotopic (exact) mass is 530 g/mol. The summed E-state index contributed by atoms with van der Waals surface area (Å²) in [6.45, 7) is 7.78. The highest BCUT2D eigenvalue weighted by Gasteiger charge is 2.32. The molecule has 1 amide bonds. The Labute approximate surface area is 197 Å². The lowest BCUT2D eigenvalue weighted by atomic mass is 10.1. The Balaban J connectivity index is 0.00000320. The molecule has 2 N–H and O–H groups in total. The molecule has 0 aliphatic carbocycles. The van der Waals surface area contributed by atoms with Crippen LogP contribution in [0.1, 0.15) is 49.0 Å². The maximum atomic E-state index is 12.4. The minimum atomic E-state index is -0.0295. The van der Waals surface area contributed by atoms with Crippen LogP contribution in [-0.2, 0) is 16.0 Å². The third kappa shape index (κ3) is 6.81. The van der Waals surface area contributed by atoms with E-state index in [1.54, 1.807) is 7.05 Å². The second kappa shape index (κ2) is 12.5. The zero-order chi connectivity index (χ0) is 20.6. The van der Waals surface area contributed by atoms with E-state index in [1.807, 2.05) is 31.2 Å². The van der Waals surface area contributed by atoms with Gasteiger partial charge in [0.15, 0.2) is 5.96 Å². The summed E-state index contributed by atoms with van der Waals surface area (Å²) in [6, 6.07) is 7.90. The second-order valence-electron chi connectivity index (χ2n) is 7.79. The van der Waals surface area contributed by atoms with E-state index in [0.29, 0.717) is 18.7 Å². The molecule has 0 radical (unpaired) electrons. The molecule has 2 fully saturated rings. The average Bonchev–Trinajstić information content (AvgIpc) is 3.29. The third-order valence-corrected chi connectivity index (χ3v) is 5.61. The molecule has 3 rings (SSSR count). The quantitative estimate of drug-likeness (QED) is 0.336. The van der Waals surface area contributed by atoms with Crippen molar-refractivity contribution in [2.24, 2.45) is 4.99 Å². The number of carbonyl (C=O) groups excluding carboxylic acids is 1. The smallest absolute Gasteiger partial charge is 0.251 e. The van der Waals surface area contributed by atoms with Crippen LogP contribution in [0.2, 0.25) is 0 Å². The lowest BCUT2D eigenvalue weighted by Crippen LogP contribution is -2.53. The molecule has 30 heavy (non-hydrogen) atoms. The predicted molar refractivity (Wildman–Crippen MR) is 130 cm³/mol. The summed E-state index contributed by atoms with van der Waals surface area (Å²) < 4.78 is 11.7. The van der Waals surface area contributed by atoms with Crippen molar-refractivity contribution in [3.8, 4) is 0 Å². The van der Waals surface area contributed by atoms with Crippen molar-refractivity contribution in [1.82, 2.24) is 15.5 Å². The first kappa shape index (κ1) is 24.9. The van der Waals surface area contributed by atoms with E-state index in [-0.39, 0.29) is 48.1 Å². The van der Waals surface area contributed by atoms with Crippen LogP contribution in [0.3, 0.4) is 0 Å². The molecule has 168 valence electrons. The van der Waals surface area contributed by atoms with Crippen LogP contribution in [0.5, 0.6) is 0 Å². The van der Waals surface area contributed by atoms with Gasteiger partial charge in [-0.05, 0) is 43.9 Å². The summed E-state index contributed by atoms with van der Waals surface area (Å²) >= 11 is 0. The fourth-order valence-corrected chi connectivity index (χ4v) is 3.73. The molecule has 2 aliphatic heterocycles. The Morgan fingerprint density at radius 2 is 2.10 bits per heavy atom. The fourth-order valence-electron chi connectivity index (χ4n) is 3.73. The third-order valence-electron chi connectivity index (χ3n) is 5.61. The first-order chi connectivity index (χ1) is 14.1. The Morgan fingerprint density at radius 1 is 1.30 bits per heavy atom. The largest absolute Gasteiger partial charge is 0.375 e. The number of hydrogen-bond acceptors (Lipinski definition) is 4. The molecule has 0 bridgehead atoms. The summed E-state index contributed by atoms with van der Waals surface area (Å²) in [6.07, 6.45) is 3.37. The number of hydrogen-bond donors (Lipinski definition) is 2. The molecular formula is C22H35IN4O3. The highest BCUT2D eigenvalue weighted by atomic mass is 127. The molecule has 3 atom stereocenters. The van der Waals surface area contributed by atoms with Gasteiger partial charge < -0.3 is 25.0 Å². The number of ether oxygens (including phenoxy) is 2. The maximum Gasteiger partial charge on any atom is 0.251 e. The average molecular weight is 530 g/mol. The molecule has 0 aromatic heterocycles. The van der Waals surface area contributed by atoms with E-state index in [9.17, 15) is 4.79 Å². The van der Waals surface area contributed by atoms with E-state index in [1.165, 1.54) is 0 Å². The van der Waals surface area contributed by atoms with Crippen molar-refractivity contribution in [3.05, 3.63) is 35.4 Å². The van der Waals surface area contributed by atoms with Crippen molar-refractivity contribution in [1.29, 1.82) is 0 Å². The number of halogens is 1. The number of aliphatic imine (C=N–C) groups is 1. The van der Waals surface area contributed by atoms with E-state index in [2.05, 4.69) is 27.4 Å². The Bertz CT molecular complexity index is 709. The number of nitrogens with zero attached hydrogens (tertiary/aromatic N) is 2. The van der Waals surface area contributed by atoms with Crippen LogP contribution in [0, 0.1) is 0 Å². The van der Waals surface area contributed by atoms with Gasteiger partial charge in [-0.25, -0.2) is 0 Å². The van der Waals surface area contributed by atoms with Gasteiger partial charge in [-0.3, -0.25) is 9.79 Å². The van der Waals surface area contributed by atoms with Crippen LogP contribution < -0.4 is 10.6 Å². The maximum absolute atomic E-state index is 12.4. The summed E-state index contributed by atoms with van der Waals surface area (Å²) in [5.74, 6) is 0.823. The molecule has 2 saturated heterocycles. The Morgan fingerprint density at radius 3 is 2.80 bits per heavy atom. The van der Waals surface area contributed by atoms with E-state index < -0.39 is 0 Å². The van der Waals surface area contributed by atoms with Gasteiger partial charge in [0.1, 0.15) is 6.10 Å². The molecule has 2 aliphatic rings. The molecule has 8 heteroatoms. The Hall–Kier alpha value is -1.39. The van der Waals surface area contributed by atoms with E-state index in [0.717, 1.165) is 50.5 Å². The first-order valence-electron chi connectivity index (χ1n) is 10.7. The predicted octanol–water partition coefficient (Wildman–Crippen LogP) is 2.79. The molecule has 7 nitrogen and oxygen atoms in total. The summed E-state index contributed by atoms with van der Waals surface area (Å²) in [4.78, 5) is 19.1. The van der Waals surface area contributed by atoms with E-state index in [4.69, 9.17) is 9.47 Å². The van der Waals surface area contributed by atoms with Gasteiger partial charge in [0.2, 0.25) is 0 Å². The van der Waals surface area contributed by atoms with Gasteiger partial charge in [-0.1, -0.05) is 19.1 Å². The summed E-state index contributed by atoms with van der Waals surface area (Å²) in [7, 11) is 1.80. The van der Waals surface area contributed by atoms with Gasteiger partial charge >= 0.3 is 0 Å². The normalized spacial score (nSPS) is 22.9. The second-order valence-corrected chi connectivity index (χ2v) is 7.79. The molecule has 2 heterocycles. The number of nitrogens with one attached hydrogen (secondary N) is 2. The van der Waals surface area contributed by atoms with Crippen LogP contribution in [0.15, 0.2) is 29.3 Å². The SMILES string of the molecule is CCC(C)NC(=O)c1cccc(CNC(=NC)N2CCOC(C3CCCO3)C2)c1.I. The zero-order valence-electron chi connectivity index (χ0n) is 18.2. The minimum absolute atomic E-state index is 0. The van der Waals surface area contributed by atoms with Crippen LogP contribution in [-0.4, -0.2) is 68.4 Å². The summed E-state index contributed by atoms with van der Waals surface area (Å²) in [5, 5.41) is 6.45. The van der Waals surface area contributed by atoms with Crippen LogP contribution in [0.25, 0.3) is 0 Å². The van der Waals surface area contributed by atoms with E-state index >= 15 is 0 Å². The number of morpholine rings is 1. The standard InChI is InChI=1S/C22H34N4O3.HI/c1-4-16(2)25-21(27)18-8-5-7-17(13-18)14-24-22(23-3)26-10-12-29-20(15-26)19-9-6-11-28-19;/h5,7-8,13,16,19-20H,4,6,9-12,14-15H2,1-3H3,(H,23,24)(H,25,27);1H. The van der Waals surface area contributed by atoms with Crippen LogP contribution in [0.4, 0.5) is 0 Å². The van der Waals surface area contributed by atoms with Crippen molar-refractivity contribution < 1.29 is 14.3 Å². The van der Waals surface area contributed by atoms with Crippen molar-refractivity contribution in [3.63, 3.8) is 0 Å². The number of amides is 1. The van der Waals surface area contributed by atoms with Gasteiger partial charge in [-0.2, -0.15) is 0 Å². The first-order valence-corrected chi connectivity index (χ1v) is 10.7. The van der Waals surface area contributed by atoms with Crippen molar-refractivity contribution in [2.75, 3.05) is 33.4 Å². The number of benzene rings is 1. The van der Waals surface area contributed by atoms with Gasteiger partial charge in [0.05, 0.1) is 12.7 Å². The lowest BCUT2D eigenvalue weighted by Gasteiger charge is -2.37.